The molecule has 0 saturated carbocycles. The maximum Gasteiger partial charge on any atom is 0.337 e. The molecule has 0 aliphatic carbocycles. The van der Waals surface area contributed by atoms with Crippen LogP contribution in [0.2, 0.25) is 5.02 Å². The Morgan fingerprint density at radius 3 is 2.75 bits per heavy atom. The van der Waals surface area contributed by atoms with E-state index in [9.17, 15) is 4.79 Å². The summed E-state index contributed by atoms with van der Waals surface area (Å²) in [6.45, 7) is 0. The van der Waals surface area contributed by atoms with Crippen molar-refractivity contribution in [3.63, 3.8) is 0 Å². The molecule has 0 bridgehead atoms. The van der Waals surface area contributed by atoms with Crippen molar-refractivity contribution in [1.82, 2.24) is 4.98 Å². The Hall–Kier alpha value is -2.64. The highest BCUT2D eigenvalue weighted by Gasteiger charge is 2.10. The van der Waals surface area contributed by atoms with Crippen molar-refractivity contribution in [3.05, 3.63) is 63.9 Å². The van der Waals surface area contributed by atoms with Crippen LogP contribution in [0.1, 0.15) is 27.0 Å². The van der Waals surface area contributed by atoms with Gasteiger partial charge in [0.2, 0.25) is 0 Å². The molecule has 5 heteroatoms. The molecule has 0 unspecified atom stereocenters. The standard InChI is InChI=1S/C15H9ClN2O2/c16-14-11(2-1-3-13(14)15(19)20)5-4-10-6-7-18-9-12(10)8-17/h1-7,9H,(H,19,20). The molecule has 98 valence electrons. The number of halogens is 1. The third-order valence-electron chi connectivity index (χ3n) is 2.68. The summed E-state index contributed by atoms with van der Waals surface area (Å²) in [4.78, 5) is 14.9. The normalized spacial score (nSPS) is 10.4. The van der Waals surface area contributed by atoms with Crippen molar-refractivity contribution in [2.45, 2.75) is 0 Å². The van der Waals surface area contributed by atoms with Crippen LogP contribution in [0.5, 0.6) is 0 Å². The molecular formula is C15H9ClN2O2. The van der Waals surface area contributed by atoms with Crippen LogP contribution in [-0.4, -0.2) is 16.1 Å². The Labute approximate surface area is 120 Å². The van der Waals surface area contributed by atoms with Crippen LogP contribution < -0.4 is 0 Å². The molecule has 0 saturated heterocycles. The highest BCUT2D eigenvalue weighted by atomic mass is 35.5. The fourth-order valence-corrected chi connectivity index (χ4v) is 1.94. The molecule has 0 atom stereocenters. The summed E-state index contributed by atoms with van der Waals surface area (Å²) in [6.07, 6.45) is 6.42. The number of aromatic carboxylic acids is 1. The van der Waals surface area contributed by atoms with Gasteiger partial charge in [0.1, 0.15) is 6.07 Å². The van der Waals surface area contributed by atoms with E-state index in [1.165, 1.54) is 12.3 Å². The molecule has 0 spiro atoms. The van der Waals surface area contributed by atoms with Gasteiger partial charge in [-0.3, -0.25) is 4.98 Å². The van der Waals surface area contributed by atoms with Gasteiger partial charge in [-0.25, -0.2) is 4.79 Å². The molecule has 2 aromatic rings. The van der Waals surface area contributed by atoms with E-state index in [4.69, 9.17) is 22.0 Å². The third-order valence-corrected chi connectivity index (χ3v) is 3.10. The van der Waals surface area contributed by atoms with Crippen molar-refractivity contribution >= 4 is 29.7 Å². The van der Waals surface area contributed by atoms with Crippen molar-refractivity contribution in [1.29, 1.82) is 5.26 Å². The molecule has 0 fully saturated rings. The SMILES string of the molecule is N#Cc1cnccc1C=Cc1cccc(C(=O)O)c1Cl. The van der Waals surface area contributed by atoms with Crippen molar-refractivity contribution < 1.29 is 9.90 Å². The molecule has 4 nitrogen and oxygen atoms in total. The van der Waals surface area contributed by atoms with Crippen LogP contribution in [-0.2, 0) is 0 Å². The quantitative estimate of drug-likeness (QED) is 0.936. The maximum atomic E-state index is 11.0. The first-order valence-electron chi connectivity index (χ1n) is 5.67. The first-order valence-corrected chi connectivity index (χ1v) is 6.05. The van der Waals surface area contributed by atoms with Crippen LogP contribution >= 0.6 is 11.6 Å². The average molecular weight is 285 g/mol. The summed E-state index contributed by atoms with van der Waals surface area (Å²) in [5.74, 6) is -1.08. The Morgan fingerprint density at radius 2 is 2.05 bits per heavy atom. The van der Waals surface area contributed by atoms with E-state index < -0.39 is 5.97 Å². The van der Waals surface area contributed by atoms with E-state index in [1.807, 2.05) is 6.07 Å². The molecule has 1 N–H and O–H groups in total. The second-order valence-electron chi connectivity index (χ2n) is 3.92. The zero-order valence-electron chi connectivity index (χ0n) is 10.2. The zero-order chi connectivity index (χ0) is 14.5. The number of benzene rings is 1. The van der Waals surface area contributed by atoms with E-state index >= 15 is 0 Å². The number of hydrogen-bond acceptors (Lipinski definition) is 3. The molecule has 0 aliphatic rings. The molecule has 1 aromatic heterocycles. The summed E-state index contributed by atoms with van der Waals surface area (Å²) >= 11 is 6.03. The predicted octanol–water partition coefficient (Wildman–Crippen LogP) is 3.48. The fraction of sp³-hybridized carbons (Fsp3) is 0. The Balaban J connectivity index is 2.40. The molecule has 1 heterocycles. The van der Waals surface area contributed by atoms with Crippen molar-refractivity contribution in [3.8, 4) is 6.07 Å². The van der Waals surface area contributed by atoms with Gasteiger partial charge >= 0.3 is 5.97 Å². The van der Waals surface area contributed by atoms with Gasteiger partial charge in [0, 0.05) is 12.4 Å². The zero-order valence-corrected chi connectivity index (χ0v) is 11.0. The Kier molecular flexibility index (Phi) is 4.14. The lowest BCUT2D eigenvalue weighted by molar-refractivity contribution is 0.0697. The molecule has 0 aliphatic heterocycles. The summed E-state index contributed by atoms with van der Waals surface area (Å²) < 4.78 is 0. The van der Waals surface area contributed by atoms with Crippen LogP contribution in [0.25, 0.3) is 12.2 Å². The second-order valence-corrected chi connectivity index (χ2v) is 4.30. The first-order chi connectivity index (χ1) is 9.63. The molecule has 20 heavy (non-hydrogen) atoms. The third kappa shape index (κ3) is 2.85. The minimum Gasteiger partial charge on any atom is -0.478 e. The molecule has 2 rings (SSSR count). The number of rotatable bonds is 3. The summed E-state index contributed by atoms with van der Waals surface area (Å²) in [5.41, 5.74) is 1.75. The topological polar surface area (TPSA) is 74.0 Å². The largest absolute Gasteiger partial charge is 0.478 e. The predicted molar refractivity (Wildman–Crippen MR) is 76.3 cm³/mol. The van der Waals surface area contributed by atoms with Gasteiger partial charge < -0.3 is 5.11 Å². The van der Waals surface area contributed by atoms with E-state index in [1.54, 1.807) is 36.5 Å². The molecule has 0 amide bonds. The maximum absolute atomic E-state index is 11.0. The van der Waals surface area contributed by atoms with E-state index in [0.29, 0.717) is 16.7 Å². The number of pyridine rings is 1. The number of aromatic nitrogens is 1. The number of nitriles is 1. The summed E-state index contributed by atoms with van der Waals surface area (Å²) in [5, 5.41) is 18.1. The van der Waals surface area contributed by atoms with Crippen LogP contribution in [0.3, 0.4) is 0 Å². The van der Waals surface area contributed by atoms with Gasteiger partial charge in [0.15, 0.2) is 0 Å². The molecule has 1 aromatic carbocycles. The number of carboxylic acids is 1. The number of hydrogen-bond donors (Lipinski definition) is 1. The van der Waals surface area contributed by atoms with Gasteiger partial charge in [-0.15, -0.1) is 0 Å². The molecular weight excluding hydrogens is 276 g/mol. The van der Waals surface area contributed by atoms with Crippen LogP contribution in [0, 0.1) is 11.3 Å². The smallest absolute Gasteiger partial charge is 0.337 e. The average Bonchev–Trinajstić information content (AvgIpc) is 2.46. The lowest BCUT2D eigenvalue weighted by Gasteiger charge is -2.02. The van der Waals surface area contributed by atoms with Gasteiger partial charge in [-0.2, -0.15) is 5.26 Å². The highest BCUT2D eigenvalue weighted by molar-refractivity contribution is 6.35. The lowest BCUT2D eigenvalue weighted by Crippen LogP contribution is -1.97. The lowest BCUT2D eigenvalue weighted by atomic mass is 10.1. The minimum absolute atomic E-state index is 0.0454. The summed E-state index contributed by atoms with van der Waals surface area (Å²) in [6, 6.07) is 8.50. The van der Waals surface area contributed by atoms with E-state index in [-0.39, 0.29) is 10.6 Å². The fourth-order valence-electron chi connectivity index (χ4n) is 1.67. The molecule has 0 radical (unpaired) electrons. The highest BCUT2D eigenvalue weighted by Crippen LogP contribution is 2.23. The first kappa shape index (κ1) is 13.8. The van der Waals surface area contributed by atoms with Crippen LogP contribution in [0.4, 0.5) is 0 Å². The minimum atomic E-state index is -1.08. The van der Waals surface area contributed by atoms with Gasteiger partial charge in [-0.1, -0.05) is 35.9 Å². The Morgan fingerprint density at radius 1 is 1.30 bits per heavy atom. The number of nitrogens with zero attached hydrogens (tertiary/aromatic N) is 2. The van der Waals surface area contributed by atoms with Gasteiger partial charge in [0.05, 0.1) is 16.1 Å². The Bertz CT molecular complexity index is 733. The van der Waals surface area contributed by atoms with Gasteiger partial charge in [0.25, 0.3) is 0 Å². The van der Waals surface area contributed by atoms with Gasteiger partial charge in [-0.05, 0) is 23.3 Å². The van der Waals surface area contributed by atoms with Crippen molar-refractivity contribution in [2.24, 2.45) is 0 Å². The summed E-state index contributed by atoms with van der Waals surface area (Å²) in [7, 11) is 0. The number of carbonyl (C=O) groups is 1. The number of carboxylic acid groups (broad SMARTS) is 1. The van der Waals surface area contributed by atoms with E-state index in [2.05, 4.69) is 4.98 Å². The van der Waals surface area contributed by atoms with Crippen LogP contribution in [0.15, 0.2) is 36.7 Å². The monoisotopic (exact) mass is 284 g/mol. The van der Waals surface area contributed by atoms with Crippen molar-refractivity contribution in [2.75, 3.05) is 0 Å². The second kappa shape index (κ2) is 6.00. The van der Waals surface area contributed by atoms with E-state index in [0.717, 1.165) is 0 Å².